The van der Waals surface area contributed by atoms with Crippen LogP contribution in [0.4, 0.5) is 10.1 Å². The van der Waals surface area contributed by atoms with Gasteiger partial charge in [0.15, 0.2) is 0 Å². The van der Waals surface area contributed by atoms with Gasteiger partial charge in [-0.3, -0.25) is 10.1 Å². The van der Waals surface area contributed by atoms with Crippen LogP contribution in [-0.4, -0.2) is 22.5 Å². The highest BCUT2D eigenvalue weighted by Crippen LogP contribution is 2.32. The normalized spacial score (nSPS) is 18.3. The number of nitro benzene ring substituents is 1. The summed E-state index contributed by atoms with van der Waals surface area (Å²) in [7, 11) is 0. The van der Waals surface area contributed by atoms with Crippen LogP contribution in [0.5, 0.6) is 5.75 Å². The van der Waals surface area contributed by atoms with E-state index in [1.807, 2.05) is 6.08 Å². The first-order chi connectivity index (χ1) is 9.08. The summed E-state index contributed by atoms with van der Waals surface area (Å²) in [6.07, 6.45) is 5.13. The van der Waals surface area contributed by atoms with E-state index in [9.17, 15) is 14.5 Å². The summed E-state index contributed by atoms with van der Waals surface area (Å²) >= 11 is 7.55. The number of nitro groups is 1. The minimum absolute atomic E-state index is 0.0351. The maximum atomic E-state index is 13.3. The van der Waals surface area contributed by atoms with Gasteiger partial charge in [0.1, 0.15) is 12.4 Å². The largest absolute Gasteiger partial charge is 0.490 e. The van der Waals surface area contributed by atoms with E-state index < -0.39 is 16.4 Å². The molecule has 0 aromatic heterocycles. The third-order valence-corrected chi connectivity index (χ3v) is 4.06. The van der Waals surface area contributed by atoms with Crippen LogP contribution in [0.3, 0.4) is 0 Å². The fourth-order valence-corrected chi connectivity index (χ4v) is 2.80. The molecule has 19 heavy (non-hydrogen) atoms. The summed E-state index contributed by atoms with van der Waals surface area (Å²) in [5.74, 6) is 0.186. The molecule has 1 heterocycles. The number of benzene rings is 1. The van der Waals surface area contributed by atoms with E-state index in [-0.39, 0.29) is 16.0 Å². The third kappa shape index (κ3) is 3.61. The molecule has 1 aliphatic rings. The van der Waals surface area contributed by atoms with Gasteiger partial charge in [0.05, 0.1) is 21.3 Å². The fraction of sp³-hybridized carbons (Fsp3) is 0.333. The molecule has 0 bridgehead atoms. The molecule has 1 aromatic rings. The average Bonchev–Trinajstić information content (AvgIpc) is 2.38. The van der Waals surface area contributed by atoms with Crippen LogP contribution in [0, 0.1) is 15.9 Å². The van der Waals surface area contributed by atoms with Crippen LogP contribution in [0.25, 0.3) is 0 Å². The standard InChI is InChI=1S/C12H11ClFNO3S/c13-9-5-10(14)11(15(16)17)6-12(9)18-7-8-3-1-2-4-19-8/h1,3,5-6,8H,2,4,7H2. The lowest BCUT2D eigenvalue weighted by molar-refractivity contribution is -0.387. The molecule has 0 fully saturated rings. The number of hydrogen-bond acceptors (Lipinski definition) is 4. The Morgan fingerprint density at radius 3 is 3.00 bits per heavy atom. The van der Waals surface area contributed by atoms with Gasteiger partial charge in [0, 0.05) is 6.07 Å². The fourth-order valence-electron chi connectivity index (χ4n) is 1.64. The van der Waals surface area contributed by atoms with E-state index >= 15 is 0 Å². The molecule has 1 atom stereocenters. The van der Waals surface area contributed by atoms with Crippen molar-refractivity contribution < 1.29 is 14.1 Å². The highest BCUT2D eigenvalue weighted by Gasteiger charge is 2.19. The molecule has 102 valence electrons. The van der Waals surface area contributed by atoms with E-state index in [1.165, 1.54) is 0 Å². The lowest BCUT2D eigenvalue weighted by atomic mass is 10.3. The SMILES string of the molecule is O=[N+]([O-])c1cc(OCC2C=CCCS2)c(Cl)cc1F. The Hall–Kier alpha value is -1.27. The molecule has 1 aromatic carbocycles. The Morgan fingerprint density at radius 1 is 1.58 bits per heavy atom. The first kappa shape index (κ1) is 14.1. The van der Waals surface area contributed by atoms with Crippen LogP contribution >= 0.6 is 23.4 Å². The summed E-state index contributed by atoms with van der Waals surface area (Å²) in [6, 6.07) is 1.92. The van der Waals surface area contributed by atoms with Crippen molar-refractivity contribution in [3.8, 4) is 5.75 Å². The van der Waals surface area contributed by atoms with Gasteiger partial charge in [0.2, 0.25) is 5.82 Å². The van der Waals surface area contributed by atoms with Crippen molar-refractivity contribution >= 4 is 29.1 Å². The van der Waals surface area contributed by atoms with Gasteiger partial charge < -0.3 is 4.74 Å². The van der Waals surface area contributed by atoms with Crippen molar-refractivity contribution in [2.24, 2.45) is 0 Å². The molecule has 0 N–H and O–H groups in total. The number of allylic oxidation sites excluding steroid dienone is 1. The Kier molecular flexibility index (Phi) is 4.66. The van der Waals surface area contributed by atoms with Gasteiger partial charge in [-0.2, -0.15) is 16.2 Å². The highest BCUT2D eigenvalue weighted by molar-refractivity contribution is 8.00. The van der Waals surface area contributed by atoms with Crippen LogP contribution in [0.2, 0.25) is 5.02 Å². The zero-order valence-corrected chi connectivity index (χ0v) is 11.4. The van der Waals surface area contributed by atoms with Crippen LogP contribution in [0.15, 0.2) is 24.3 Å². The maximum absolute atomic E-state index is 13.3. The van der Waals surface area contributed by atoms with Gasteiger partial charge in [-0.05, 0) is 12.2 Å². The molecule has 0 radical (unpaired) electrons. The van der Waals surface area contributed by atoms with Crippen molar-refractivity contribution in [2.45, 2.75) is 11.7 Å². The zero-order valence-electron chi connectivity index (χ0n) is 9.84. The van der Waals surface area contributed by atoms with Crippen LogP contribution in [-0.2, 0) is 0 Å². The van der Waals surface area contributed by atoms with E-state index in [2.05, 4.69) is 6.08 Å². The summed E-state index contributed by atoms with van der Waals surface area (Å²) < 4.78 is 18.7. The first-order valence-corrected chi connectivity index (χ1v) is 7.05. The summed E-state index contributed by atoms with van der Waals surface area (Å²) in [5.41, 5.74) is -0.633. The number of thioether (sulfide) groups is 1. The average molecular weight is 304 g/mol. The lowest BCUT2D eigenvalue weighted by Gasteiger charge is -2.17. The Labute approximate surface area is 118 Å². The molecule has 4 nitrogen and oxygen atoms in total. The van der Waals surface area contributed by atoms with Crippen LogP contribution < -0.4 is 4.74 Å². The number of ether oxygens (including phenoxy) is 1. The highest BCUT2D eigenvalue weighted by atomic mass is 35.5. The van der Waals surface area contributed by atoms with E-state index in [4.69, 9.17) is 16.3 Å². The number of nitrogens with zero attached hydrogens (tertiary/aromatic N) is 1. The topological polar surface area (TPSA) is 52.4 Å². The summed E-state index contributed by atoms with van der Waals surface area (Å²) in [6.45, 7) is 0.351. The number of rotatable bonds is 4. The zero-order chi connectivity index (χ0) is 13.8. The molecule has 0 aliphatic carbocycles. The second-order valence-corrected chi connectivity index (χ2v) is 5.68. The van der Waals surface area contributed by atoms with Crippen molar-refractivity contribution in [2.75, 3.05) is 12.4 Å². The smallest absolute Gasteiger partial charge is 0.308 e. The monoisotopic (exact) mass is 303 g/mol. The second-order valence-electron chi connectivity index (χ2n) is 3.93. The molecule has 0 saturated carbocycles. The minimum atomic E-state index is -0.964. The van der Waals surface area contributed by atoms with Gasteiger partial charge in [-0.1, -0.05) is 23.8 Å². The quantitative estimate of drug-likeness (QED) is 0.482. The summed E-state index contributed by atoms with van der Waals surface area (Å²) in [4.78, 5) is 9.85. The molecule has 2 rings (SSSR count). The molecule has 0 amide bonds. The van der Waals surface area contributed by atoms with Crippen LogP contribution in [0.1, 0.15) is 6.42 Å². The van der Waals surface area contributed by atoms with Gasteiger partial charge in [-0.25, -0.2) is 0 Å². The van der Waals surface area contributed by atoms with E-state index in [0.717, 1.165) is 24.3 Å². The van der Waals surface area contributed by atoms with Crippen molar-refractivity contribution in [1.82, 2.24) is 0 Å². The van der Waals surface area contributed by atoms with Crippen molar-refractivity contribution in [1.29, 1.82) is 0 Å². The van der Waals surface area contributed by atoms with Gasteiger partial charge in [0.25, 0.3) is 0 Å². The third-order valence-electron chi connectivity index (χ3n) is 2.57. The first-order valence-electron chi connectivity index (χ1n) is 5.62. The molecule has 7 heteroatoms. The molecule has 0 spiro atoms. The lowest BCUT2D eigenvalue weighted by Crippen LogP contribution is -2.15. The number of halogens is 2. The van der Waals surface area contributed by atoms with Gasteiger partial charge >= 0.3 is 5.69 Å². The van der Waals surface area contributed by atoms with Gasteiger partial charge in [-0.15, -0.1) is 0 Å². The van der Waals surface area contributed by atoms with E-state index in [1.54, 1.807) is 11.8 Å². The van der Waals surface area contributed by atoms with E-state index in [0.29, 0.717) is 6.61 Å². The predicted octanol–water partition coefficient (Wildman–Crippen LogP) is 3.83. The minimum Gasteiger partial charge on any atom is -0.490 e. The maximum Gasteiger partial charge on any atom is 0.308 e. The molecule has 0 saturated heterocycles. The van der Waals surface area contributed by atoms with Crippen molar-refractivity contribution in [3.05, 3.63) is 45.2 Å². The Bertz CT molecular complexity index is 524. The predicted molar refractivity (Wildman–Crippen MR) is 73.6 cm³/mol. The molecular weight excluding hydrogens is 293 g/mol. The Morgan fingerprint density at radius 2 is 2.37 bits per heavy atom. The molecule has 1 aliphatic heterocycles. The second kappa shape index (κ2) is 6.25. The molecular formula is C12H11ClFNO3S. The molecule has 1 unspecified atom stereocenters. The number of hydrogen-bond donors (Lipinski definition) is 0. The van der Waals surface area contributed by atoms with Crippen molar-refractivity contribution in [3.63, 3.8) is 0 Å². The summed E-state index contributed by atoms with van der Waals surface area (Å²) in [5, 5.41) is 10.9. The Balaban J connectivity index is 2.11.